The quantitative estimate of drug-likeness (QED) is 0.868. The monoisotopic (exact) mass is 322 g/mol. The van der Waals surface area contributed by atoms with Gasteiger partial charge in [0.2, 0.25) is 5.91 Å². The number of ether oxygens (including phenoxy) is 1. The lowest BCUT2D eigenvalue weighted by Crippen LogP contribution is -2.40. The Balaban J connectivity index is 1.53. The molecule has 3 rings (SSSR count). The third-order valence-corrected chi connectivity index (χ3v) is 4.88. The summed E-state index contributed by atoms with van der Waals surface area (Å²) >= 11 is 0. The summed E-state index contributed by atoms with van der Waals surface area (Å²) in [6, 6.07) is 0. The highest BCUT2D eigenvalue weighted by atomic mass is 16.5. The number of aliphatic hydroxyl groups excluding tert-OH is 1. The Kier molecular flexibility index (Phi) is 5.61. The lowest BCUT2D eigenvalue weighted by atomic mass is 9.87. The Morgan fingerprint density at radius 1 is 1.26 bits per heavy atom. The van der Waals surface area contributed by atoms with E-state index in [1.165, 1.54) is 19.3 Å². The standard InChI is InChI=1S/C16H26N4O3/c21-15(12-6-4-2-1-3-5-7-12)16(22)17-10-13-18-19-14-11-23-9-8-20(13)14/h12,15,21H,1-11H2,(H,17,22). The number of carbonyl (C=O) groups excluding carboxylic acids is 1. The molecule has 0 bridgehead atoms. The number of aliphatic hydroxyl groups is 1. The zero-order chi connectivity index (χ0) is 16.1. The topological polar surface area (TPSA) is 89.3 Å². The molecule has 1 aromatic rings. The SMILES string of the molecule is O=C(NCc1nnc2n1CCOC2)C(O)C1CCCCCCC1. The van der Waals surface area contributed by atoms with E-state index in [1.54, 1.807) is 0 Å². The molecule has 1 aromatic heterocycles. The first-order chi connectivity index (χ1) is 11.3. The van der Waals surface area contributed by atoms with E-state index in [4.69, 9.17) is 4.74 Å². The highest BCUT2D eigenvalue weighted by molar-refractivity contribution is 5.80. The van der Waals surface area contributed by atoms with Gasteiger partial charge in [-0.3, -0.25) is 4.79 Å². The van der Waals surface area contributed by atoms with Crippen molar-refractivity contribution in [1.82, 2.24) is 20.1 Å². The molecule has 1 atom stereocenters. The van der Waals surface area contributed by atoms with Crippen LogP contribution in [0.25, 0.3) is 0 Å². The smallest absolute Gasteiger partial charge is 0.249 e. The van der Waals surface area contributed by atoms with Gasteiger partial charge in [-0.2, -0.15) is 0 Å². The van der Waals surface area contributed by atoms with Gasteiger partial charge < -0.3 is 19.7 Å². The number of amides is 1. The number of nitrogens with one attached hydrogen (secondary N) is 1. The van der Waals surface area contributed by atoms with Crippen molar-refractivity contribution in [2.75, 3.05) is 6.61 Å². The van der Waals surface area contributed by atoms with Crippen molar-refractivity contribution < 1.29 is 14.6 Å². The normalized spacial score (nSPS) is 21.1. The summed E-state index contributed by atoms with van der Waals surface area (Å²) < 4.78 is 7.30. The van der Waals surface area contributed by atoms with Crippen molar-refractivity contribution in [2.24, 2.45) is 5.92 Å². The number of aromatic nitrogens is 3. The molecule has 1 unspecified atom stereocenters. The molecule has 0 radical (unpaired) electrons. The molecule has 2 aliphatic rings. The van der Waals surface area contributed by atoms with Gasteiger partial charge in [0.1, 0.15) is 12.7 Å². The van der Waals surface area contributed by atoms with Gasteiger partial charge >= 0.3 is 0 Å². The van der Waals surface area contributed by atoms with E-state index in [0.29, 0.717) is 26.3 Å². The van der Waals surface area contributed by atoms with Crippen LogP contribution in [0.1, 0.15) is 56.6 Å². The van der Waals surface area contributed by atoms with Crippen LogP contribution in [0.4, 0.5) is 0 Å². The zero-order valence-corrected chi connectivity index (χ0v) is 13.5. The minimum absolute atomic E-state index is 0.0796. The van der Waals surface area contributed by atoms with E-state index in [-0.39, 0.29) is 11.8 Å². The van der Waals surface area contributed by atoms with Gasteiger partial charge in [0, 0.05) is 6.54 Å². The molecule has 1 fully saturated rings. The van der Waals surface area contributed by atoms with Crippen LogP contribution in [0.2, 0.25) is 0 Å². The van der Waals surface area contributed by atoms with Crippen LogP contribution in [-0.2, 0) is 29.2 Å². The van der Waals surface area contributed by atoms with Crippen LogP contribution >= 0.6 is 0 Å². The predicted octanol–water partition coefficient (Wildman–Crippen LogP) is 1.15. The summed E-state index contributed by atoms with van der Waals surface area (Å²) in [6.45, 7) is 2.11. The second-order valence-corrected chi connectivity index (χ2v) is 6.50. The van der Waals surface area contributed by atoms with Crippen molar-refractivity contribution in [1.29, 1.82) is 0 Å². The average molecular weight is 322 g/mol. The maximum atomic E-state index is 12.3. The van der Waals surface area contributed by atoms with Gasteiger partial charge in [0.15, 0.2) is 11.6 Å². The fourth-order valence-electron chi connectivity index (χ4n) is 3.48. The predicted molar refractivity (Wildman–Crippen MR) is 83.3 cm³/mol. The summed E-state index contributed by atoms with van der Waals surface area (Å²) in [7, 11) is 0. The summed E-state index contributed by atoms with van der Waals surface area (Å²) in [5, 5.41) is 21.3. The molecule has 0 saturated heterocycles. The van der Waals surface area contributed by atoms with Crippen molar-refractivity contribution in [3.05, 3.63) is 11.6 Å². The molecule has 1 aliphatic heterocycles. The largest absolute Gasteiger partial charge is 0.383 e. The minimum atomic E-state index is -0.916. The maximum absolute atomic E-state index is 12.3. The highest BCUT2D eigenvalue weighted by Crippen LogP contribution is 2.25. The Morgan fingerprint density at radius 2 is 2.00 bits per heavy atom. The Hall–Kier alpha value is -1.47. The van der Waals surface area contributed by atoms with Crippen LogP contribution in [0.5, 0.6) is 0 Å². The highest BCUT2D eigenvalue weighted by Gasteiger charge is 2.26. The third-order valence-electron chi connectivity index (χ3n) is 4.88. The fraction of sp³-hybridized carbons (Fsp3) is 0.812. The van der Waals surface area contributed by atoms with Crippen LogP contribution in [0, 0.1) is 5.92 Å². The van der Waals surface area contributed by atoms with Gasteiger partial charge in [-0.15, -0.1) is 10.2 Å². The Bertz CT molecular complexity index is 523. The summed E-state index contributed by atoms with van der Waals surface area (Å²) in [5.41, 5.74) is 0. The van der Waals surface area contributed by atoms with Gasteiger partial charge in [0.25, 0.3) is 0 Å². The first-order valence-corrected chi connectivity index (χ1v) is 8.70. The van der Waals surface area contributed by atoms with E-state index in [9.17, 15) is 9.90 Å². The van der Waals surface area contributed by atoms with E-state index < -0.39 is 6.10 Å². The minimum Gasteiger partial charge on any atom is -0.383 e. The number of fused-ring (bicyclic) bond motifs is 1. The molecule has 128 valence electrons. The van der Waals surface area contributed by atoms with Crippen LogP contribution < -0.4 is 5.32 Å². The average Bonchev–Trinajstić information content (AvgIpc) is 2.95. The third kappa shape index (κ3) is 4.09. The molecule has 1 saturated carbocycles. The van der Waals surface area contributed by atoms with Gasteiger partial charge in [-0.05, 0) is 18.8 Å². The van der Waals surface area contributed by atoms with Gasteiger partial charge in [-0.1, -0.05) is 32.1 Å². The molecule has 1 aliphatic carbocycles. The van der Waals surface area contributed by atoms with Crippen LogP contribution in [0.15, 0.2) is 0 Å². The summed E-state index contributed by atoms with van der Waals surface area (Å²) in [5.74, 6) is 1.30. The lowest BCUT2D eigenvalue weighted by Gasteiger charge is -2.24. The number of nitrogens with zero attached hydrogens (tertiary/aromatic N) is 3. The number of hydrogen-bond acceptors (Lipinski definition) is 5. The fourth-order valence-corrected chi connectivity index (χ4v) is 3.48. The molecule has 7 heteroatoms. The Labute approximate surface area is 136 Å². The van der Waals surface area contributed by atoms with Crippen LogP contribution in [-0.4, -0.2) is 38.5 Å². The number of hydrogen-bond donors (Lipinski definition) is 2. The molecule has 2 heterocycles. The van der Waals surface area contributed by atoms with Crippen molar-refractivity contribution in [3.63, 3.8) is 0 Å². The molecule has 2 N–H and O–H groups in total. The molecular formula is C16H26N4O3. The Morgan fingerprint density at radius 3 is 2.78 bits per heavy atom. The summed E-state index contributed by atoms with van der Waals surface area (Å²) in [6.07, 6.45) is 6.85. The van der Waals surface area contributed by atoms with Crippen molar-refractivity contribution in [3.8, 4) is 0 Å². The molecule has 1 amide bonds. The van der Waals surface area contributed by atoms with E-state index in [0.717, 1.165) is 37.3 Å². The van der Waals surface area contributed by atoms with Crippen LogP contribution in [0.3, 0.4) is 0 Å². The molecular weight excluding hydrogens is 296 g/mol. The molecule has 7 nitrogen and oxygen atoms in total. The zero-order valence-electron chi connectivity index (χ0n) is 13.5. The van der Waals surface area contributed by atoms with Gasteiger partial charge in [-0.25, -0.2) is 0 Å². The molecule has 0 aromatic carbocycles. The maximum Gasteiger partial charge on any atom is 0.249 e. The summed E-state index contributed by atoms with van der Waals surface area (Å²) in [4.78, 5) is 12.3. The van der Waals surface area contributed by atoms with Crippen molar-refractivity contribution in [2.45, 2.75) is 70.7 Å². The van der Waals surface area contributed by atoms with Crippen molar-refractivity contribution >= 4 is 5.91 Å². The lowest BCUT2D eigenvalue weighted by molar-refractivity contribution is -0.132. The van der Waals surface area contributed by atoms with Gasteiger partial charge in [0.05, 0.1) is 13.2 Å². The second-order valence-electron chi connectivity index (χ2n) is 6.50. The van der Waals surface area contributed by atoms with E-state index in [2.05, 4.69) is 15.5 Å². The number of rotatable bonds is 4. The first-order valence-electron chi connectivity index (χ1n) is 8.70. The number of carbonyl (C=O) groups is 1. The first kappa shape index (κ1) is 16.4. The second kappa shape index (κ2) is 7.88. The van der Waals surface area contributed by atoms with E-state index >= 15 is 0 Å². The van der Waals surface area contributed by atoms with E-state index in [1.807, 2.05) is 4.57 Å². The molecule has 23 heavy (non-hydrogen) atoms. The molecule has 0 spiro atoms.